The Bertz CT molecular complexity index is 1000. The van der Waals surface area contributed by atoms with Gasteiger partial charge in [-0.15, -0.1) is 22.7 Å². The molecule has 0 radical (unpaired) electrons. The van der Waals surface area contributed by atoms with Crippen LogP contribution in [-0.4, -0.2) is 39.8 Å². The Labute approximate surface area is 176 Å². The first kappa shape index (κ1) is 19.7. The fraction of sp³-hybridized carbons (Fsp3) is 0.300. The van der Waals surface area contributed by atoms with Crippen LogP contribution < -0.4 is 10.6 Å². The standard InChI is InChI=1S/C20H21N5O2S2/c1-13-10-21-19(29-13)23-17(26)11-25-9-5-8-16(25)15-12-28-20(22-15)24-18(27)14-6-3-2-4-7-14/h2-4,6-7,10,12,16H,5,8-9,11H2,1H3,(H,21,23,26)(H,22,24,27)/t16-/m0/s1. The van der Waals surface area contributed by atoms with Crippen LogP contribution in [0.2, 0.25) is 0 Å². The van der Waals surface area contributed by atoms with Crippen LogP contribution in [0, 0.1) is 6.92 Å². The van der Waals surface area contributed by atoms with E-state index in [9.17, 15) is 9.59 Å². The molecule has 3 aromatic rings. The molecule has 0 bridgehead atoms. The van der Waals surface area contributed by atoms with Crippen LogP contribution in [0.15, 0.2) is 41.9 Å². The highest BCUT2D eigenvalue weighted by molar-refractivity contribution is 7.15. The molecule has 2 aromatic heterocycles. The third-order valence-electron chi connectivity index (χ3n) is 4.70. The number of benzene rings is 1. The average molecular weight is 428 g/mol. The molecular weight excluding hydrogens is 406 g/mol. The summed E-state index contributed by atoms with van der Waals surface area (Å²) >= 11 is 2.87. The number of rotatable bonds is 6. The van der Waals surface area contributed by atoms with Gasteiger partial charge in [-0.25, -0.2) is 9.97 Å². The number of amides is 2. The van der Waals surface area contributed by atoms with Crippen molar-refractivity contribution in [1.29, 1.82) is 0 Å². The van der Waals surface area contributed by atoms with E-state index in [0.717, 1.165) is 30.0 Å². The molecule has 150 valence electrons. The van der Waals surface area contributed by atoms with Gasteiger partial charge in [0.15, 0.2) is 10.3 Å². The lowest BCUT2D eigenvalue weighted by Gasteiger charge is -2.22. The number of thiazole rings is 2. The lowest BCUT2D eigenvalue weighted by molar-refractivity contribution is -0.117. The monoisotopic (exact) mass is 427 g/mol. The van der Waals surface area contributed by atoms with Crippen molar-refractivity contribution in [2.24, 2.45) is 0 Å². The SMILES string of the molecule is Cc1cnc(NC(=O)CN2CCC[C@H]2c2csc(NC(=O)c3ccccc3)n2)s1. The summed E-state index contributed by atoms with van der Waals surface area (Å²) in [6.07, 6.45) is 3.70. The van der Waals surface area contributed by atoms with Crippen LogP contribution in [0.5, 0.6) is 0 Å². The van der Waals surface area contributed by atoms with Crippen molar-refractivity contribution < 1.29 is 9.59 Å². The molecule has 0 saturated carbocycles. The molecule has 0 aliphatic carbocycles. The first-order chi connectivity index (χ1) is 14.1. The van der Waals surface area contributed by atoms with Gasteiger partial charge in [0.1, 0.15) is 0 Å². The Balaban J connectivity index is 1.37. The van der Waals surface area contributed by atoms with E-state index in [4.69, 9.17) is 0 Å². The Morgan fingerprint density at radius 2 is 2.03 bits per heavy atom. The third kappa shape index (κ3) is 4.87. The molecule has 1 aliphatic heterocycles. The van der Waals surface area contributed by atoms with Crippen LogP contribution in [-0.2, 0) is 4.79 Å². The number of aromatic nitrogens is 2. The summed E-state index contributed by atoms with van der Waals surface area (Å²) in [6.45, 7) is 3.10. The lowest BCUT2D eigenvalue weighted by Crippen LogP contribution is -2.33. The molecule has 4 rings (SSSR count). The second kappa shape index (κ2) is 8.81. The Morgan fingerprint density at radius 1 is 1.21 bits per heavy atom. The van der Waals surface area contributed by atoms with Gasteiger partial charge in [-0.3, -0.25) is 19.8 Å². The molecule has 1 saturated heterocycles. The van der Waals surface area contributed by atoms with Crippen LogP contribution in [0.1, 0.15) is 39.8 Å². The number of carbonyl (C=O) groups is 2. The molecule has 1 atom stereocenters. The molecule has 1 aromatic carbocycles. The zero-order valence-corrected chi connectivity index (χ0v) is 17.6. The van der Waals surface area contributed by atoms with E-state index in [1.807, 2.05) is 30.5 Å². The van der Waals surface area contributed by atoms with Crippen molar-refractivity contribution in [2.75, 3.05) is 23.7 Å². The maximum Gasteiger partial charge on any atom is 0.257 e. The summed E-state index contributed by atoms with van der Waals surface area (Å²) in [4.78, 5) is 36.7. The second-order valence-electron chi connectivity index (χ2n) is 6.85. The molecular formula is C20H21N5O2S2. The topological polar surface area (TPSA) is 87.2 Å². The Morgan fingerprint density at radius 3 is 2.79 bits per heavy atom. The minimum absolute atomic E-state index is 0.0703. The van der Waals surface area contributed by atoms with E-state index in [0.29, 0.717) is 22.4 Å². The van der Waals surface area contributed by atoms with Gasteiger partial charge in [0, 0.05) is 22.0 Å². The van der Waals surface area contributed by atoms with E-state index in [2.05, 4.69) is 25.5 Å². The highest BCUT2D eigenvalue weighted by Crippen LogP contribution is 2.33. The number of aryl methyl sites for hydroxylation is 1. The van der Waals surface area contributed by atoms with Crippen LogP contribution in [0.3, 0.4) is 0 Å². The Kier molecular flexibility index (Phi) is 5.98. The van der Waals surface area contributed by atoms with Gasteiger partial charge in [-0.1, -0.05) is 18.2 Å². The van der Waals surface area contributed by atoms with Crippen molar-refractivity contribution in [3.8, 4) is 0 Å². The first-order valence-electron chi connectivity index (χ1n) is 9.36. The molecule has 1 fully saturated rings. The molecule has 2 N–H and O–H groups in total. The maximum atomic E-state index is 12.4. The number of carbonyl (C=O) groups excluding carboxylic acids is 2. The molecule has 0 unspecified atom stereocenters. The number of anilines is 2. The highest BCUT2D eigenvalue weighted by Gasteiger charge is 2.29. The van der Waals surface area contributed by atoms with Gasteiger partial charge in [-0.2, -0.15) is 0 Å². The smallest absolute Gasteiger partial charge is 0.257 e. The van der Waals surface area contributed by atoms with Gasteiger partial charge < -0.3 is 5.32 Å². The summed E-state index contributed by atoms with van der Waals surface area (Å²) in [6, 6.07) is 9.15. The summed E-state index contributed by atoms with van der Waals surface area (Å²) < 4.78 is 0. The summed E-state index contributed by atoms with van der Waals surface area (Å²) in [5.74, 6) is -0.244. The Hall–Kier alpha value is -2.62. The minimum atomic E-state index is -0.173. The molecule has 29 heavy (non-hydrogen) atoms. The molecule has 7 nitrogen and oxygen atoms in total. The molecule has 3 heterocycles. The minimum Gasteiger partial charge on any atom is -0.301 e. The van der Waals surface area contributed by atoms with E-state index in [1.165, 1.54) is 22.7 Å². The molecule has 2 amide bonds. The number of hydrogen-bond acceptors (Lipinski definition) is 7. The zero-order chi connectivity index (χ0) is 20.2. The van der Waals surface area contributed by atoms with Gasteiger partial charge in [0.05, 0.1) is 18.3 Å². The molecule has 0 spiro atoms. The predicted molar refractivity (Wildman–Crippen MR) is 116 cm³/mol. The summed E-state index contributed by atoms with van der Waals surface area (Å²) in [7, 11) is 0. The van der Waals surface area contributed by atoms with E-state index >= 15 is 0 Å². The van der Waals surface area contributed by atoms with E-state index in [-0.39, 0.29) is 17.9 Å². The van der Waals surface area contributed by atoms with Crippen molar-refractivity contribution in [3.63, 3.8) is 0 Å². The fourth-order valence-electron chi connectivity index (χ4n) is 3.36. The lowest BCUT2D eigenvalue weighted by atomic mass is 10.2. The summed E-state index contributed by atoms with van der Waals surface area (Å²) in [5.41, 5.74) is 1.49. The summed E-state index contributed by atoms with van der Waals surface area (Å²) in [5, 5.41) is 8.88. The van der Waals surface area contributed by atoms with Crippen molar-refractivity contribution >= 4 is 44.8 Å². The van der Waals surface area contributed by atoms with Gasteiger partial charge in [-0.05, 0) is 38.4 Å². The van der Waals surface area contributed by atoms with Crippen LogP contribution in [0.25, 0.3) is 0 Å². The van der Waals surface area contributed by atoms with Gasteiger partial charge in [0.25, 0.3) is 5.91 Å². The molecule has 9 heteroatoms. The molecule has 1 aliphatic rings. The first-order valence-corrected chi connectivity index (χ1v) is 11.1. The number of hydrogen-bond donors (Lipinski definition) is 2. The van der Waals surface area contributed by atoms with E-state index in [1.54, 1.807) is 18.3 Å². The van der Waals surface area contributed by atoms with E-state index < -0.39 is 0 Å². The average Bonchev–Trinajstić information content (AvgIpc) is 3.44. The number of nitrogens with one attached hydrogen (secondary N) is 2. The fourth-order valence-corrected chi connectivity index (χ4v) is 4.79. The maximum absolute atomic E-state index is 12.4. The number of likely N-dealkylation sites (tertiary alicyclic amines) is 1. The van der Waals surface area contributed by atoms with Crippen LogP contribution in [0.4, 0.5) is 10.3 Å². The quantitative estimate of drug-likeness (QED) is 0.622. The van der Waals surface area contributed by atoms with Gasteiger partial charge in [0.2, 0.25) is 5.91 Å². The third-order valence-corrected chi connectivity index (χ3v) is 6.30. The van der Waals surface area contributed by atoms with Crippen molar-refractivity contribution in [2.45, 2.75) is 25.8 Å². The van der Waals surface area contributed by atoms with Crippen molar-refractivity contribution in [3.05, 3.63) is 58.0 Å². The predicted octanol–water partition coefficient (Wildman–Crippen LogP) is 3.94. The second-order valence-corrected chi connectivity index (χ2v) is 8.94. The zero-order valence-electron chi connectivity index (χ0n) is 15.9. The largest absolute Gasteiger partial charge is 0.301 e. The highest BCUT2D eigenvalue weighted by atomic mass is 32.1. The number of nitrogens with zero attached hydrogens (tertiary/aromatic N) is 3. The van der Waals surface area contributed by atoms with Crippen LogP contribution >= 0.6 is 22.7 Å². The van der Waals surface area contributed by atoms with Crippen molar-refractivity contribution in [1.82, 2.24) is 14.9 Å². The van der Waals surface area contributed by atoms with Gasteiger partial charge >= 0.3 is 0 Å². The normalized spacial score (nSPS) is 16.7.